The van der Waals surface area contributed by atoms with E-state index in [1.54, 1.807) is 11.0 Å². The number of carbonyl (C=O) groups is 3. The van der Waals surface area contributed by atoms with Gasteiger partial charge in [0.2, 0.25) is 11.8 Å². The highest BCUT2D eigenvalue weighted by Crippen LogP contribution is 2.42. The van der Waals surface area contributed by atoms with Gasteiger partial charge < -0.3 is 25.2 Å². The van der Waals surface area contributed by atoms with E-state index < -0.39 is 17.9 Å². The fourth-order valence-corrected chi connectivity index (χ4v) is 6.37. The summed E-state index contributed by atoms with van der Waals surface area (Å²) in [5, 5.41) is 0. The van der Waals surface area contributed by atoms with Crippen LogP contribution < -0.4 is 10.6 Å². The first-order chi connectivity index (χ1) is 16.4. The van der Waals surface area contributed by atoms with E-state index in [1.165, 1.54) is 6.42 Å². The fourth-order valence-electron chi connectivity index (χ4n) is 6.37. The van der Waals surface area contributed by atoms with Crippen molar-refractivity contribution in [1.29, 1.82) is 0 Å². The van der Waals surface area contributed by atoms with Gasteiger partial charge in [-0.1, -0.05) is 19.3 Å². The van der Waals surface area contributed by atoms with Gasteiger partial charge in [0.15, 0.2) is 5.78 Å². The number of nitrogens with two attached hydrogens (primary N) is 1. The van der Waals surface area contributed by atoms with Crippen LogP contribution in [0, 0.1) is 5.92 Å². The average molecular weight is 469 g/mol. The Morgan fingerprint density at radius 2 is 1.76 bits per heavy atom. The molecule has 3 heterocycles. The molecule has 184 valence electrons. The topological polar surface area (TPSA) is 96.2 Å². The molecule has 2 amide bonds. The molecule has 1 saturated carbocycles. The number of likely N-dealkylation sites (N-methyl/N-ethyl adjacent to an activating group) is 1. The highest BCUT2D eigenvalue weighted by molar-refractivity contribution is 5.99. The van der Waals surface area contributed by atoms with Crippen LogP contribution in [0.15, 0.2) is 18.2 Å². The second-order valence-corrected chi connectivity index (χ2v) is 10.4. The molecular weight excluding hydrogens is 432 g/mol. The zero-order valence-electron chi connectivity index (χ0n) is 20.1. The Bertz CT molecular complexity index is 952. The summed E-state index contributed by atoms with van der Waals surface area (Å²) < 4.78 is 5.64. The Morgan fingerprint density at radius 1 is 1.03 bits per heavy atom. The number of anilines is 1. The molecule has 0 spiro atoms. The van der Waals surface area contributed by atoms with Crippen LogP contribution in [0.3, 0.4) is 0 Å². The van der Waals surface area contributed by atoms with Crippen LogP contribution in [0.4, 0.5) is 5.69 Å². The number of amides is 2. The van der Waals surface area contributed by atoms with Crippen molar-refractivity contribution in [2.75, 3.05) is 51.3 Å². The molecule has 4 fully saturated rings. The Kier molecular flexibility index (Phi) is 6.62. The third-order valence-corrected chi connectivity index (χ3v) is 8.29. The Morgan fingerprint density at radius 3 is 2.47 bits per heavy atom. The third-order valence-electron chi connectivity index (χ3n) is 8.29. The molecule has 5 rings (SSSR count). The number of rotatable bonds is 5. The summed E-state index contributed by atoms with van der Waals surface area (Å²) in [4.78, 5) is 45.6. The maximum Gasteiger partial charge on any atom is 0.249 e. The van der Waals surface area contributed by atoms with Gasteiger partial charge in [0.25, 0.3) is 0 Å². The number of hydrogen-bond acceptors (Lipinski definition) is 6. The van der Waals surface area contributed by atoms with E-state index in [-0.39, 0.29) is 30.3 Å². The largest absolute Gasteiger partial charge is 0.369 e. The number of piperazine rings is 1. The van der Waals surface area contributed by atoms with Crippen molar-refractivity contribution in [2.45, 2.75) is 56.6 Å². The van der Waals surface area contributed by atoms with Gasteiger partial charge in [-0.05, 0) is 56.0 Å². The lowest BCUT2D eigenvalue weighted by atomic mass is 9.74. The minimum absolute atomic E-state index is 0.0143. The van der Waals surface area contributed by atoms with Gasteiger partial charge in [-0.2, -0.15) is 0 Å². The monoisotopic (exact) mass is 468 g/mol. The SMILES string of the molecule is CN1CCN(c2ccc(C(N)=O)c([C@@H](C(=O)N3CC[C@H]4OCC(=O)[C@H]43)C3CCCCC3)c2)CC1. The molecule has 3 aliphatic heterocycles. The van der Waals surface area contributed by atoms with Crippen LogP contribution in [0.5, 0.6) is 0 Å². The standard InChI is InChI=1S/C26H36N4O4/c1-28-11-13-29(14-12-28)18-7-8-19(25(27)32)20(15-18)23(17-5-3-2-4-6-17)26(33)30-10-9-22-24(30)21(31)16-34-22/h7-8,15,17,22-24H,2-6,9-14,16H2,1H3,(H2,27,32)/t22-,23+,24-/m1/s1. The Labute approximate surface area is 201 Å². The van der Waals surface area contributed by atoms with Crippen molar-refractivity contribution < 1.29 is 19.1 Å². The summed E-state index contributed by atoms with van der Waals surface area (Å²) in [6, 6.07) is 5.29. The number of fused-ring (bicyclic) bond motifs is 1. The number of ketones is 1. The van der Waals surface area contributed by atoms with Gasteiger partial charge in [0.05, 0.1) is 12.0 Å². The molecular formula is C26H36N4O4. The predicted octanol–water partition coefficient (Wildman–Crippen LogP) is 1.77. The molecule has 1 aromatic carbocycles. The zero-order chi connectivity index (χ0) is 23.8. The summed E-state index contributed by atoms with van der Waals surface area (Å²) >= 11 is 0. The first kappa shape index (κ1) is 23.3. The molecule has 8 nitrogen and oxygen atoms in total. The summed E-state index contributed by atoms with van der Waals surface area (Å²) in [7, 11) is 2.12. The molecule has 0 unspecified atom stereocenters. The fraction of sp³-hybridized carbons (Fsp3) is 0.654. The lowest BCUT2D eigenvalue weighted by Gasteiger charge is -2.37. The number of likely N-dealkylation sites (tertiary alicyclic amines) is 1. The van der Waals surface area contributed by atoms with Crippen molar-refractivity contribution in [2.24, 2.45) is 11.7 Å². The van der Waals surface area contributed by atoms with E-state index in [0.717, 1.165) is 63.1 Å². The van der Waals surface area contributed by atoms with Gasteiger partial charge >= 0.3 is 0 Å². The van der Waals surface area contributed by atoms with Crippen LogP contribution in [0.1, 0.15) is 60.4 Å². The third kappa shape index (κ3) is 4.33. The second kappa shape index (κ2) is 9.66. The van der Waals surface area contributed by atoms with Crippen molar-refractivity contribution in [1.82, 2.24) is 9.80 Å². The highest BCUT2D eigenvalue weighted by Gasteiger charge is 2.49. The Balaban J connectivity index is 1.53. The van der Waals surface area contributed by atoms with E-state index in [4.69, 9.17) is 10.5 Å². The van der Waals surface area contributed by atoms with Gasteiger partial charge in [-0.15, -0.1) is 0 Å². The number of Topliss-reactive ketones (excluding diaryl/α,β-unsaturated/α-hetero) is 1. The summed E-state index contributed by atoms with van der Waals surface area (Å²) in [6.45, 7) is 4.34. The highest BCUT2D eigenvalue weighted by atomic mass is 16.5. The van der Waals surface area contributed by atoms with Crippen LogP contribution in [0.2, 0.25) is 0 Å². The van der Waals surface area contributed by atoms with Gasteiger partial charge in [-0.25, -0.2) is 0 Å². The molecule has 0 bridgehead atoms. The van der Waals surface area contributed by atoms with Crippen molar-refractivity contribution >= 4 is 23.3 Å². The summed E-state index contributed by atoms with van der Waals surface area (Å²) in [6.07, 6.45) is 5.69. The van der Waals surface area contributed by atoms with E-state index in [0.29, 0.717) is 18.5 Å². The first-order valence-corrected chi connectivity index (χ1v) is 12.8. The molecule has 1 aliphatic carbocycles. The molecule has 8 heteroatoms. The number of carbonyl (C=O) groups excluding carboxylic acids is 3. The molecule has 0 radical (unpaired) electrons. The predicted molar refractivity (Wildman–Crippen MR) is 129 cm³/mol. The quantitative estimate of drug-likeness (QED) is 0.708. The van der Waals surface area contributed by atoms with Crippen LogP contribution in [-0.2, 0) is 14.3 Å². The number of primary amides is 1. The van der Waals surface area contributed by atoms with E-state index in [9.17, 15) is 14.4 Å². The van der Waals surface area contributed by atoms with Gasteiger partial charge in [0.1, 0.15) is 12.6 Å². The van der Waals surface area contributed by atoms with E-state index in [1.807, 2.05) is 12.1 Å². The van der Waals surface area contributed by atoms with Crippen LogP contribution in [0.25, 0.3) is 0 Å². The molecule has 4 aliphatic rings. The maximum absolute atomic E-state index is 14.2. The van der Waals surface area contributed by atoms with E-state index in [2.05, 4.69) is 16.8 Å². The second-order valence-electron chi connectivity index (χ2n) is 10.4. The van der Waals surface area contributed by atoms with Crippen LogP contribution in [-0.4, -0.2) is 85.9 Å². The van der Waals surface area contributed by atoms with Gasteiger partial charge in [0, 0.05) is 44.0 Å². The van der Waals surface area contributed by atoms with Crippen molar-refractivity contribution in [3.8, 4) is 0 Å². The van der Waals surface area contributed by atoms with Crippen molar-refractivity contribution in [3.63, 3.8) is 0 Å². The summed E-state index contributed by atoms with van der Waals surface area (Å²) in [5.41, 5.74) is 8.02. The van der Waals surface area contributed by atoms with Crippen molar-refractivity contribution in [3.05, 3.63) is 29.3 Å². The molecule has 3 saturated heterocycles. The van der Waals surface area contributed by atoms with E-state index >= 15 is 0 Å². The minimum atomic E-state index is -0.506. The molecule has 2 N–H and O–H groups in total. The zero-order valence-corrected chi connectivity index (χ0v) is 20.1. The minimum Gasteiger partial charge on any atom is -0.369 e. The van der Waals surface area contributed by atoms with Crippen LogP contribution >= 0.6 is 0 Å². The molecule has 1 aromatic rings. The van der Waals surface area contributed by atoms with Gasteiger partial charge in [-0.3, -0.25) is 14.4 Å². The molecule has 3 atom stereocenters. The first-order valence-electron chi connectivity index (χ1n) is 12.8. The lowest BCUT2D eigenvalue weighted by Crippen LogP contribution is -2.46. The number of benzene rings is 1. The number of ether oxygens (including phenoxy) is 1. The maximum atomic E-state index is 14.2. The smallest absolute Gasteiger partial charge is 0.249 e. The number of nitrogens with zero attached hydrogens (tertiary/aromatic N) is 3. The molecule has 0 aromatic heterocycles. The average Bonchev–Trinajstić information content (AvgIpc) is 3.43. The lowest BCUT2D eigenvalue weighted by molar-refractivity contribution is -0.139. The Hall–Kier alpha value is -2.45. The summed E-state index contributed by atoms with van der Waals surface area (Å²) in [5.74, 6) is -0.898. The number of hydrogen-bond donors (Lipinski definition) is 1. The normalized spacial score (nSPS) is 27.1. The molecule has 34 heavy (non-hydrogen) atoms.